The van der Waals surface area contributed by atoms with E-state index in [2.05, 4.69) is 0 Å². The van der Waals surface area contributed by atoms with Crippen LogP contribution in [0.5, 0.6) is 5.75 Å². The Kier molecular flexibility index (Phi) is 6.01. The molecule has 1 aliphatic carbocycles. The molecular weight excluding hydrogens is 444 g/mol. The second-order valence-electron chi connectivity index (χ2n) is 9.52. The number of hydrogen-bond donors (Lipinski definition) is 0. The molecule has 7 heteroatoms. The summed E-state index contributed by atoms with van der Waals surface area (Å²) in [6.45, 7) is 4.26. The highest BCUT2D eigenvalue weighted by molar-refractivity contribution is 6.22. The molecule has 3 aliphatic rings. The Morgan fingerprint density at radius 1 is 1.00 bits per heavy atom. The number of ether oxygens (including phenoxy) is 1. The van der Waals surface area contributed by atoms with Crippen molar-refractivity contribution in [2.45, 2.75) is 39.5 Å². The Hall–Kier alpha value is -3.74. The predicted molar refractivity (Wildman–Crippen MR) is 131 cm³/mol. The largest absolute Gasteiger partial charge is 0.426 e. The summed E-state index contributed by atoms with van der Waals surface area (Å²) in [6.07, 6.45) is 4.05. The van der Waals surface area contributed by atoms with Gasteiger partial charge in [-0.25, -0.2) is 4.90 Å². The van der Waals surface area contributed by atoms with Gasteiger partial charge >= 0.3 is 5.97 Å². The number of nitrogens with zero attached hydrogens (tertiary/aromatic N) is 2. The molecule has 2 aromatic carbocycles. The molecule has 2 fully saturated rings. The number of aryl methyl sites for hydroxylation is 1. The number of allylic oxidation sites excluding steroid dienone is 2. The molecule has 2 aliphatic heterocycles. The number of esters is 1. The zero-order valence-electron chi connectivity index (χ0n) is 19.9. The SMILES string of the molecule is CCc1ccccc1N1C[C@H](C(=O)Oc2cccc(N3C(=O)[C@H]4CC=C(C)C[C@H]4C3=O)c2)CC1=O. The molecule has 2 heterocycles. The standard InChI is InChI=1S/C28H28N2O5/c1-3-18-7-4-5-10-24(18)29-16-19(14-25(29)31)28(34)35-21-9-6-8-20(15-21)30-26(32)22-12-11-17(2)13-23(22)27(30)33/h4-11,15,19,22-23H,3,12-14,16H2,1-2H3/t19-,22+,23-/m1/s1. The Bertz CT molecular complexity index is 1250. The number of anilines is 2. The van der Waals surface area contributed by atoms with Gasteiger partial charge in [-0.15, -0.1) is 0 Å². The van der Waals surface area contributed by atoms with E-state index in [0.29, 0.717) is 18.5 Å². The topological polar surface area (TPSA) is 84.0 Å². The highest BCUT2D eigenvalue weighted by atomic mass is 16.5. The third-order valence-electron chi connectivity index (χ3n) is 7.24. The summed E-state index contributed by atoms with van der Waals surface area (Å²) in [6, 6.07) is 14.2. The van der Waals surface area contributed by atoms with E-state index in [-0.39, 0.29) is 48.3 Å². The minimum Gasteiger partial charge on any atom is -0.426 e. The van der Waals surface area contributed by atoms with Gasteiger partial charge in [-0.2, -0.15) is 0 Å². The van der Waals surface area contributed by atoms with E-state index in [0.717, 1.165) is 23.2 Å². The molecule has 2 saturated heterocycles. The fourth-order valence-corrected chi connectivity index (χ4v) is 5.35. The maximum Gasteiger partial charge on any atom is 0.316 e. The van der Waals surface area contributed by atoms with Crippen LogP contribution in [0.4, 0.5) is 11.4 Å². The maximum atomic E-state index is 13.0. The van der Waals surface area contributed by atoms with Crippen molar-refractivity contribution in [1.29, 1.82) is 0 Å². The normalized spacial score (nSPS) is 24.0. The van der Waals surface area contributed by atoms with Crippen molar-refractivity contribution in [1.82, 2.24) is 0 Å². The molecule has 3 atom stereocenters. The first-order chi connectivity index (χ1) is 16.9. The van der Waals surface area contributed by atoms with E-state index in [1.807, 2.05) is 44.2 Å². The molecule has 3 amide bonds. The van der Waals surface area contributed by atoms with E-state index < -0.39 is 11.9 Å². The second kappa shape index (κ2) is 9.13. The third-order valence-corrected chi connectivity index (χ3v) is 7.24. The van der Waals surface area contributed by atoms with Gasteiger partial charge in [0.25, 0.3) is 0 Å². The van der Waals surface area contributed by atoms with Crippen molar-refractivity contribution in [2.24, 2.45) is 17.8 Å². The summed E-state index contributed by atoms with van der Waals surface area (Å²) in [7, 11) is 0. The van der Waals surface area contributed by atoms with Crippen molar-refractivity contribution < 1.29 is 23.9 Å². The number of carbonyl (C=O) groups excluding carboxylic acids is 4. The molecule has 0 spiro atoms. The van der Waals surface area contributed by atoms with E-state index in [4.69, 9.17) is 4.74 Å². The van der Waals surface area contributed by atoms with Gasteiger partial charge in [0.2, 0.25) is 17.7 Å². The zero-order valence-corrected chi connectivity index (χ0v) is 19.9. The number of hydrogen-bond acceptors (Lipinski definition) is 5. The summed E-state index contributed by atoms with van der Waals surface area (Å²) >= 11 is 0. The lowest BCUT2D eigenvalue weighted by molar-refractivity contribution is -0.139. The van der Waals surface area contributed by atoms with Crippen molar-refractivity contribution in [3.8, 4) is 5.75 Å². The predicted octanol–water partition coefficient (Wildman–Crippen LogP) is 4.05. The smallest absolute Gasteiger partial charge is 0.316 e. The molecule has 180 valence electrons. The average Bonchev–Trinajstić information content (AvgIpc) is 3.36. The van der Waals surface area contributed by atoms with Crippen LogP contribution in [0.1, 0.15) is 38.7 Å². The number of carbonyl (C=O) groups is 4. The van der Waals surface area contributed by atoms with Crippen LogP contribution in [-0.2, 0) is 25.6 Å². The summed E-state index contributed by atoms with van der Waals surface area (Å²) < 4.78 is 5.62. The van der Waals surface area contributed by atoms with Crippen LogP contribution in [0.2, 0.25) is 0 Å². The first kappa shape index (κ1) is 23.0. The first-order valence-corrected chi connectivity index (χ1v) is 12.1. The monoisotopic (exact) mass is 472 g/mol. The number of rotatable bonds is 5. The molecule has 0 unspecified atom stereocenters. The van der Waals surface area contributed by atoms with E-state index in [1.54, 1.807) is 29.2 Å². The molecule has 0 N–H and O–H groups in total. The van der Waals surface area contributed by atoms with Gasteiger partial charge in [-0.3, -0.25) is 19.2 Å². The minimum absolute atomic E-state index is 0.0788. The molecule has 2 aromatic rings. The van der Waals surface area contributed by atoms with Gasteiger partial charge in [0, 0.05) is 24.7 Å². The van der Waals surface area contributed by atoms with E-state index >= 15 is 0 Å². The Morgan fingerprint density at radius 2 is 1.77 bits per heavy atom. The lowest BCUT2D eigenvalue weighted by Gasteiger charge is -2.20. The third kappa shape index (κ3) is 4.16. The van der Waals surface area contributed by atoms with Crippen LogP contribution in [0.15, 0.2) is 60.2 Å². The number of benzene rings is 2. The van der Waals surface area contributed by atoms with Gasteiger partial charge in [0.15, 0.2) is 0 Å². The van der Waals surface area contributed by atoms with Gasteiger partial charge in [0.05, 0.1) is 23.4 Å². The lowest BCUT2D eigenvalue weighted by Crippen LogP contribution is -2.31. The van der Waals surface area contributed by atoms with Crippen LogP contribution in [0, 0.1) is 17.8 Å². The molecule has 35 heavy (non-hydrogen) atoms. The fourth-order valence-electron chi connectivity index (χ4n) is 5.35. The highest BCUT2D eigenvalue weighted by Gasteiger charge is 2.48. The van der Waals surface area contributed by atoms with Crippen LogP contribution in [0.25, 0.3) is 0 Å². The minimum atomic E-state index is -0.594. The molecular formula is C28H28N2O5. The van der Waals surface area contributed by atoms with E-state index in [9.17, 15) is 19.2 Å². The van der Waals surface area contributed by atoms with Crippen LogP contribution < -0.4 is 14.5 Å². The van der Waals surface area contributed by atoms with Gasteiger partial charge in [-0.1, -0.05) is 42.8 Å². The molecule has 7 nitrogen and oxygen atoms in total. The molecule has 0 aromatic heterocycles. The summed E-state index contributed by atoms with van der Waals surface area (Å²) in [5.41, 5.74) is 3.40. The first-order valence-electron chi connectivity index (χ1n) is 12.1. The molecule has 5 rings (SSSR count). The maximum absolute atomic E-state index is 13.0. The van der Waals surface area contributed by atoms with Gasteiger partial charge < -0.3 is 9.64 Å². The van der Waals surface area contributed by atoms with Gasteiger partial charge in [0.1, 0.15) is 5.75 Å². The van der Waals surface area contributed by atoms with Crippen molar-refractivity contribution >= 4 is 35.1 Å². The number of imide groups is 1. The number of amides is 3. The molecule has 0 radical (unpaired) electrons. The van der Waals surface area contributed by atoms with Crippen molar-refractivity contribution in [3.63, 3.8) is 0 Å². The summed E-state index contributed by atoms with van der Waals surface area (Å²) in [5, 5.41) is 0. The van der Waals surface area contributed by atoms with Crippen LogP contribution in [-0.4, -0.2) is 30.2 Å². The average molecular weight is 473 g/mol. The van der Waals surface area contributed by atoms with E-state index in [1.165, 1.54) is 4.90 Å². The molecule has 0 saturated carbocycles. The van der Waals surface area contributed by atoms with Crippen LogP contribution >= 0.6 is 0 Å². The second-order valence-corrected chi connectivity index (χ2v) is 9.52. The number of para-hydroxylation sites is 1. The zero-order chi connectivity index (χ0) is 24.7. The Balaban J connectivity index is 1.30. The van der Waals surface area contributed by atoms with Gasteiger partial charge in [-0.05, 0) is 49.9 Å². The fraction of sp³-hybridized carbons (Fsp3) is 0.357. The quantitative estimate of drug-likeness (QED) is 0.284. The summed E-state index contributed by atoms with van der Waals surface area (Å²) in [5.74, 6) is -2.04. The van der Waals surface area contributed by atoms with Crippen molar-refractivity contribution in [3.05, 3.63) is 65.7 Å². The number of fused-ring (bicyclic) bond motifs is 1. The highest BCUT2D eigenvalue weighted by Crippen LogP contribution is 2.40. The van der Waals surface area contributed by atoms with Crippen molar-refractivity contribution in [2.75, 3.05) is 16.3 Å². The Morgan fingerprint density at radius 3 is 2.57 bits per heavy atom. The summed E-state index contributed by atoms with van der Waals surface area (Å²) in [4.78, 5) is 54.5. The Labute approximate surface area is 204 Å². The molecule has 0 bridgehead atoms. The van der Waals surface area contributed by atoms with Crippen LogP contribution in [0.3, 0.4) is 0 Å². The lowest BCUT2D eigenvalue weighted by atomic mass is 9.82.